The Balaban J connectivity index is 1.85. The van der Waals surface area contributed by atoms with Crippen molar-refractivity contribution in [2.45, 2.75) is 6.54 Å². The van der Waals surface area contributed by atoms with Crippen LogP contribution in [0.1, 0.15) is 5.56 Å². The van der Waals surface area contributed by atoms with Crippen LogP contribution >= 0.6 is 11.6 Å². The number of hydrogen-bond donors (Lipinski definition) is 1. The van der Waals surface area contributed by atoms with Crippen LogP contribution in [0.4, 0.5) is 5.69 Å². The molecular formula is C20H24ClN3O3. The molecule has 0 spiro atoms. The minimum absolute atomic E-state index is 0.0607. The second-order valence-electron chi connectivity index (χ2n) is 6.30. The Morgan fingerprint density at radius 3 is 2.44 bits per heavy atom. The molecule has 6 nitrogen and oxygen atoms in total. The molecule has 0 fully saturated rings. The first-order valence-electron chi connectivity index (χ1n) is 8.49. The third-order valence-electron chi connectivity index (χ3n) is 3.94. The number of carbonyl (C=O) groups excluding carboxylic acids is 2. The Kier molecular flexibility index (Phi) is 7.64. The van der Waals surface area contributed by atoms with E-state index in [1.807, 2.05) is 30.3 Å². The number of halogens is 1. The van der Waals surface area contributed by atoms with E-state index in [9.17, 15) is 9.59 Å². The highest BCUT2D eigenvalue weighted by molar-refractivity contribution is 6.31. The summed E-state index contributed by atoms with van der Waals surface area (Å²) in [5.41, 5.74) is 1.55. The number of hydrogen-bond acceptors (Lipinski definition) is 4. The second kappa shape index (κ2) is 9.94. The molecule has 2 rings (SSSR count). The largest absolute Gasteiger partial charge is 0.495 e. The lowest BCUT2D eigenvalue weighted by atomic mass is 10.2. The molecule has 2 amide bonds. The van der Waals surface area contributed by atoms with Crippen LogP contribution in [-0.2, 0) is 16.1 Å². The molecule has 0 aliphatic rings. The lowest BCUT2D eigenvalue weighted by Crippen LogP contribution is -2.39. The van der Waals surface area contributed by atoms with Gasteiger partial charge in [-0.1, -0.05) is 41.9 Å². The highest BCUT2D eigenvalue weighted by Gasteiger charge is 2.15. The summed E-state index contributed by atoms with van der Waals surface area (Å²) >= 11 is 5.97. The molecule has 7 heteroatoms. The first-order chi connectivity index (χ1) is 12.9. The van der Waals surface area contributed by atoms with Crippen molar-refractivity contribution in [1.82, 2.24) is 9.80 Å². The third-order valence-corrected chi connectivity index (χ3v) is 4.18. The lowest BCUT2D eigenvalue weighted by Gasteiger charge is -2.22. The molecule has 27 heavy (non-hydrogen) atoms. The zero-order valence-corrected chi connectivity index (χ0v) is 16.5. The summed E-state index contributed by atoms with van der Waals surface area (Å²) in [6.45, 7) is 0.740. The number of carbonyl (C=O) groups is 2. The van der Waals surface area contributed by atoms with Crippen molar-refractivity contribution in [1.29, 1.82) is 0 Å². The van der Waals surface area contributed by atoms with Crippen LogP contribution in [0.3, 0.4) is 0 Å². The van der Waals surface area contributed by atoms with Crippen LogP contribution in [0.25, 0.3) is 0 Å². The van der Waals surface area contributed by atoms with Gasteiger partial charge in [-0.05, 0) is 30.8 Å². The van der Waals surface area contributed by atoms with Crippen LogP contribution in [0.2, 0.25) is 5.02 Å². The van der Waals surface area contributed by atoms with E-state index in [-0.39, 0.29) is 24.9 Å². The smallest absolute Gasteiger partial charge is 0.238 e. The molecule has 2 aromatic rings. The maximum Gasteiger partial charge on any atom is 0.238 e. The lowest BCUT2D eigenvalue weighted by molar-refractivity contribution is -0.131. The third kappa shape index (κ3) is 6.58. The quantitative estimate of drug-likeness (QED) is 0.754. The zero-order chi connectivity index (χ0) is 19.8. The van der Waals surface area contributed by atoms with Crippen LogP contribution in [0, 0.1) is 0 Å². The average Bonchev–Trinajstić information content (AvgIpc) is 2.62. The van der Waals surface area contributed by atoms with Gasteiger partial charge in [0.05, 0.1) is 25.9 Å². The van der Waals surface area contributed by atoms with E-state index < -0.39 is 0 Å². The number of anilines is 1. The monoisotopic (exact) mass is 389 g/mol. The SMILES string of the molecule is COc1ccc(Cl)cc1NC(=O)CN(C)CC(=O)N(C)Cc1ccccc1. The van der Waals surface area contributed by atoms with Crippen molar-refractivity contribution >= 4 is 29.1 Å². The van der Waals surface area contributed by atoms with E-state index in [1.54, 1.807) is 42.1 Å². The highest BCUT2D eigenvalue weighted by Crippen LogP contribution is 2.27. The van der Waals surface area contributed by atoms with Gasteiger partial charge < -0.3 is 15.0 Å². The average molecular weight is 390 g/mol. The zero-order valence-electron chi connectivity index (χ0n) is 15.7. The molecule has 0 saturated heterocycles. The summed E-state index contributed by atoms with van der Waals surface area (Å²) in [5, 5.41) is 3.26. The second-order valence-corrected chi connectivity index (χ2v) is 6.74. The van der Waals surface area contributed by atoms with E-state index in [0.717, 1.165) is 5.56 Å². The van der Waals surface area contributed by atoms with E-state index in [0.29, 0.717) is 23.0 Å². The molecule has 0 heterocycles. The first-order valence-corrected chi connectivity index (χ1v) is 8.86. The fourth-order valence-corrected chi connectivity index (χ4v) is 2.74. The van der Waals surface area contributed by atoms with E-state index in [2.05, 4.69) is 5.32 Å². The molecular weight excluding hydrogens is 366 g/mol. The van der Waals surface area contributed by atoms with Crippen molar-refractivity contribution < 1.29 is 14.3 Å². The maximum absolute atomic E-state index is 12.4. The normalized spacial score (nSPS) is 10.6. The van der Waals surface area contributed by atoms with Crippen LogP contribution in [0.5, 0.6) is 5.75 Å². The molecule has 0 radical (unpaired) electrons. The molecule has 0 saturated carbocycles. The number of nitrogens with zero attached hydrogens (tertiary/aromatic N) is 2. The fourth-order valence-electron chi connectivity index (χ4n) is 2.57. The van der Waals surface area contributed by atoms with Gasteiger partial charge in [0.25, 0.3) is 0 Å². The maximum atomic E-state index is 12.4. The molecule has 2 aromatic carbocycles. The minimum atomic E-state index is -0.253. The van der Waals surface area contributed by atoms with Crippen molar-refractivity contribution in [2.75, 3.05) is 39.6 Å². The van der Waals surface area contributed by atoms with Crippen LogP contribution in [0.15, 0.2) is 48.5 Å². The number of rotatable bonds is 8. The molecule has 0 aliphatic carbocycles. The van der Waals surface area contributed by atoms with Crippen LogP contribution in [-0.4, -0.2) is 55.9 Å². The number of benzene rings is 2. The Bertz CT molecular complexity index is 783. The minimum Gasteiger partial charge on any atom is -0.495 e. The summed E-state index contributed by atoms with van der Waals surface area (Å²) < 4.78 is 5.21. The Morgan fingerprint density at radius 2 is 1.78 bits per heavy atom. The first kappa shape index (κ1) is 20.7. The fraction of sp³-hybridized carbons (Fsp3) is 0.300. The van der Waals surface area contributed by atoms with Gasteiger partial charge in [0.1, 0.15) is 5.75 Å². The van der Waals surface area contributed by atoms with E-state index in [1.165, 1.54) is 7.11 Å². The van der Waals surface area contributed by atoms with Crippen molar-refractivity contribution in [3.05, 3.63) is 59.1 Å². The van der Waals surface area contributed by atoms with Gasteiger partial charge in [-0.25, -0.2) is 0 Å². The predicted octanol–water partition coefficient (Wildman–Crippen LogP) is 2.88. The Morgan fingerprint density at radius 1 is 1.07 bits per heavy atom. The van der Waals surface area contributed by atoms with Crippen molar-refractivity contribution in [3.8, 4) is 5.75 Å². The van der Waals surface area contributed by atoms with E-state index >= 15 is 0 Å². The topological polar surface area (TPSA) is 61.9 Å². The molecule has 0 aliphatic heterocycles. The number of likely N-dealkylation sites (N-methyl/N-ethyl adjacent to an activating group) is 2. The van der Waals surface area contributed by atoms with Crippen LogP contribution < -0.4 is 10.1 Å². The highest BCUT2D eigenvalue weighted by atomic mass is 35.5. The number of amides is 2. The van der Waals surface area contributed by atoms with Crippen molar-refractivity contribution in [2.24, 2.45) is 0 Å². The number of nitrogens with one attached hydrogen (secondary N) is 1. The molecule has 144 valence electrons. The molecule has 0 aromatic heterocycles. The van der Waals surface area contributed by atoms with Crippen molar-refractivity contribution in [3.63, 3.8) is 0 Å². The van der Waals surface area contributed by atoms with E-state index in [4.69, 9.17) is 16.3 Å². The Labute approximate surface area is 164 Å². The summed E-state index contributed by atoms with van der Waals surface area (Å²) in [5.74, 6) is 0.208. The summed E-state index contributed by atoms with van der Waals surface area (Å²) in [6.07, 6.45) is 0. The predicted molar refractivity (Wildman–Crippen MR) is 107 cm³/mol. The van der Waals surface area contributed by atoms with Gasteiger partial charge in [0.15, 0.2) is 0 Å². The number of ether oxygens (including phenoxy) is 1. The van der Waals surface area contributed by atoms with Gasteiger partial charge in [-0.2, -0.15) is 0 Å². The molecule has 0 unspecified atom stereocenters. The summed E-state index contributed by atoms with van der Waals surface area (Å²) in [7, 11) is 5.00. The van der Waals surface area contributed by atoms with Gasteiger partial charge in [-0.3, -0.25) is 14.5 Å². The molecule has 0 atom stereocenters. The molecule has 1 N–H and O–H groups in total. The Hall–Kier alpha value is -2.57. The summed E-state index contributed by atoms with van der Waals surface area (Å²) in [6, 6.07) is 14.7. The van der Waals surface area contributed by atoms with Gasteiger partial charge in [-0.15, -0.1) is 0 Å². The number of methoxy groups -OCH3 is 1. The standard InChI is InChI=1S/C20H24ClN3O3/c1-23(14-20(26)24(2)12-15-7-5-4-6-8-15)13-19(25)22-17-11-16(21)9-10-18(17)27-3/h4-11H,12-14H2,1-3H3,(H,22,25). The molecule has 0 bridgehead atoms. The van der Waals surface area contributed by atoms with Gasteiger partial charge in [0.2, 0.25) is 11.8 Å². The van der Waals surface area contributed by atoms with Gasteiger partial charge in [0, 0.05) is 18.6 Å². The summed E-state index contributed by atoms with van der Waals surface area (Å²) in [4.78, 5) is 27.9. The van der Waals surface area contributed by atoms with Gasteiger partial charge >= 0.3 is 0 Å².